The van der Waals surface area contributed by atoms with Crippen molar-refractivity contribution in [2.75, 3.05) is 17.7 Å². The van der Waals surface area contributed by atoms with Crippen LogP contribution in [0.1, 0.15) is 24.2 Å². The van der Waals surface area contributed by atoms with Crippen LogP contribution in [-0.2, 0) is 0 Å². The summed E-state index contributed by atoms with van der Waals surface area (Å²) >= 11 is 0. The van der Waals surface area contributed by atoms with Gasteiger partial charge < -0.3 is 14.5 Å². The quantitative estimate of drug-likeness (QED) is 0.744. The predicted molar refractivity (Wildman–Crippen MR) is 93.7 cm³/mol. The number of anilines is 2. The number of hydrogen-bond donors (Lipinski definition) is 2. The molecule has 0 aliphatic carbocycles. The number of hydrogen-bond acceptors (Lipinski definition) is 5. The summed E-state index contributed by atoms with van der Waals surface area (Å²) in [6, 6.07) is 13.0. The molecular formula is C18H19N3O3. The van der Waals surface area contributed by atoms with Crippen molar-refractivity contribution in [1.29, 1.82) is 0 Å². The maximum atomic E-state index is 12.3. The van der Waals surface area contributed by atoms with Crippen LogP contribution < -0.4 is 15.4 Å². The lowest BCUT2D eigenvalue weighted by Crippen LogP contribution is -2.12. The van der Waals surface area contributed by atoms with Gasteiger partial charge in [-0.1, -0.05) is 6.07 Å². The van der Waals surface area contributed by atoms with E-state index in [9.17, 15) is 4.79 Å². The smallest absolute Gasteiger partial charge is 0.302 e. The normalized spacial score (nSPS) is 10.8. The molecule has 0 bridgehead atoms. The van der Waals surface area contributed by atoms with E-state index >= 15 is 0 Å². The topological polar surface area (TPSA) is 76.4 Å². The number of nitrogens with one attached hydrogen (secondary N) is 2. The Hall–Kier alpha value is -3.02. The molecule has 1 aromatic heterocycles. The lowest BCUT2D eigenvalue weighted by molar-refractivity contribution is 0.102. The second-order valence-corrected chi connectivity index (χ2v) is 5.69. The van der Waals surface area contributed by atoms with Crippen molar-refractivity contribution in [3.63, 3.8) is 0 Å². The van der Waals surface area contributed by atoms with E-state index in [1.165, 1.54) is 0 Å². The molecule has 6 nitrogen and oxygen atoms in total. The third kappa shape index (κ3) is 3.48. The van der Waals surface area contributed by atoms with Gasteiger partial charge in [-0.15, -0.1) is 0 Å². The fourth-order valence-electron chi connectivity index (χ4n) is 2.34. The number of amides is 1. The molecule has 0 saturated carbocycles. The van der Waals surface area contributed by atoms with Crippen molar-refractivity contribution < 1.29 is 13.9 Å². The fourth-order valence-corrected chi connectivity index (χ4v) is 2.34. The minimum atomic E-state index is -0.305. The van der Waals surface area contributed by atoms with E-state index in [-0.39, 0.29) is 11.9 Å². The van der Waals surface area contributed by atoms with Crippen LogP contribution >= 0.6 is 0 Å². The molecule has 2 aromatic carbocycles. The zero-order chi connectivity index (χ0) is 17.1. The lowest BCUT2D eigenvalue weighted by atomic mass is 10.2. The second kappa shape index (κ2) is 6.62. The van der Waals surface area contributed by atoms with Gasteiger partial charge in [0.05, 0.1) is 7.11 Å². The van der Waals surface area contributed by atoms with Crippen LogP contribution in [0.15, 0.2) is 46.9 Å². The Morgan fingerprint density at radius 1 is 1.21 bits per heavy atom. The molecule has 124 valence electrons. The van der Waals surface area contributed by atoms with Gasteiger partial charge >= 0.3 is 6.01 Å². The highest BCUT2D eigenvalue weighted by Gasteiger charge is 2.12. The number of oxazole rings is 1. The van der Waals surface area contributed by atoms with Crippen molar-refractivity contribution in [3.8, 4) is 5.75 Å². The first-order chi connectivity index (χ1) is 11.5. The Kier molecular flexibility index (Phi) is 4.37. The number of rotatable bonds is 5. The summed E-state index contributed by atoms with van der Waals surface area (Å²) < 4.78 is 10.7. The third-order valence-electron chi connectivity index (χ3n) is 3.40. The van der Waals surface area contributed by atoms with Crippen LogP contribution in [0, 0.1) is 0 Å². The number of methoxy groups -OCH3 is 1. The van der Waals surface area contributed by atoms with E-state index in [2.05, 4.69) is 29.5 Å². The minimum absolute atomic E-state index is 0.166. The van der Waals surface area contributed by atoms with E-state index in [0.29, 0.717) is 28.5 Å². The van der Waals surface area contributed by atoms with Crippen LogP contribution in [0.3, 0.4) is 0 Å². The molecule has 0 fully saturated rings. The zero-order valence-corrected chi connectivity index (χ0v) is 13.8. The monoisotopic (exact) mass is 325 g/mol. The Morgan fingerprint density at radius 2 is 2.04 bits per heavy atom. The summed E-state index contributed by atoms with van der Waals surface area (Å²) in [5.74, 6) is 0.311. The van der Waals surface area contributed by atoms with Crippen molar-refractivity contribution >= 4 is 28.7 Å². The molecule has 2 N–H and O–H groups in total. The number of nitrogens with zero attached hydrogens (tertiary/aromatic N) is 1. The van der Waals surface area contributed by atoms with Crippen molar-refractivity contribution in [3.05, 3.63) is 48.0 Å². The highest BCUT2D eigenvalue weighted by atomic mass is 16.5. The van der Waals surface area contributed by atoms with E-state index < -0.39 is 0 Å². The van der Waals surface area contributed by atoms with Gasteiger partial charge in [-0.25, -0.2) is 0 Å². The van der Waals surface area contributed by atoms with Crippen LogP contribution in [-0.4, -0.2) is 24.0 Å². The molecular weight excluding hydrogens is 306 g/mol. The number of fused-ring (bicyclic) bond motifs is 1. The SMILES string of the molecule is COc1cccc(C(=O)Nc2nc3cc(NC(C)C)ccc3o2)c1. The molecule has 6 heteroatoms. The molecule has 1 heterocycles. The van der Waals surface area contributed by atoms with Gasteiger partial charge in [0.25, 0.3) is 5.91 Å². The highest BCUT2D eigenvalue weighted by Crippen LogP contribution is 2.23. The molecule has 0 atom stereocenters. The number of carbonyl (C=O) groups excluding carboxylic acids is 1. The maximum absolute atomic E-state index is 12.3. The Labute approximate surface area is 139 Å². The summed E-state index contributed by atoms with van der Waals surface area (Å²) in [4.78, 5) is 16.6. The van der Waals surface area contributed by atoms with Gasteiger partial charge in [0.15, 0.2) is 5.58 Å². The molecule has 1 amide bonds. The Balaban J connectivity index is 1.80. The molecule has 3 rings (SSSR count). The van der Waals surface area contributed by atoms with Gasteiger partial charge in [-0.05, 0) is 50.2 Å². The fraction of sp³-hybridized carbons (Fsp3) is 0.222. The van der Waals surface area contributed by atoms with Crippen LogP contribution in [0.2, 0.25) is 0 Å². The maximum Gasteiger partial charge on any atom is 0.302 e. The predicted octanol–water partition coefficient (Wildman–Crippen LogP) is 3.91. The van der Waals surface area contributed by atoms with Gasteiger partial charge in [0.2, 0.25) is 0 Å². The molecule has 0 aliphatic rings. The van der Waals surface area contributed by atoms with Crippen molar-refractivity contribution in [2.24, 2.45) is 0 Å². The van der Waals surface area contributed by atoms with E-state index in [1.807, 2.05) is 18.2 Å². The van der Waals surface area contributed by atoms with Crippen LogP contribution in [0.5, 0.6) is 5.75 Å². The summed E-state index contributed by atoms with van der Waals surface area (Å²) in [6.07, 6.45) is 0. The lowest BCUT2D eigenvalue weighted by Gasteiger charge is -2.08. The van der Waals surface area contributed by atoms with Crippen LogP contribution in [0.25, 0.3) is 11.1 Å². The summed E-state index contributed by atoms with van der Waals surface area (Å²) in [6.45, 7) is 4.12. The first kappa shape index (κ1) is 15.9. The van der Waals surface area contributed by atoms with E-state index in [4.69, 9.17) is 9.15 Å². The average molecular weight is 325 g/mol. The number of carbonyl (C=O) groups is 1. The number of aromatic nitrogens is 1. The standard InChI is InChI=1S/C18H19N3O3/c1-11(2)19-13-7-8-16-15(10-13)20-18(24-16)21-17(22)12-5-4-6-14(9-12)23-3/h4-11,19H,1-3H3,(H,20,21,22). The van der Waals surface area contributed by atoms with E-state index in [1.54, 1.807) is 31.4 Å². The molecule has 0 aliphatic heterocycles. The molecule has 0 spiro atoms. The molecule has 0 unspecified atom stereocenters. The van der Waals surface area contributed by atoms with Gasteiger partial charge in [-0.3, -0.25) is 10.1 Å². The molecule has 3 aromatic rings. The summed E-state index contributed by atoms with van der Waals surface area (Å²) in [5, 5.41) is 5.97. The van der Waals surface area contributed by atoms with Crippen molar-refractivity contribution in [1.82, 2.24) is 4.98 Å². The van der Waals surface area contributed by atoms with E-state index in [0.717, 1.165) is 5.69 Å². The van der Waals surface area contributed by atoms with Gasteiger partial charge in [-0.2, -0.15) is 4.98 Å². The third-order valence-corrected chi connectivity index (χ3v) is 3.40. The number of benzene rings is 2. The van der Waals surface area contributed by atoms with Gasteiger partial charge in [0, 0.05) is 17.3 Å². The summed E-state index contributed by atoms with van der Waals surface area (Å²) in [7, 11) is 1.56. The minimum Gasteiger partial charge on any atom is -0.497 e. The van der Waals surface area contributed by atoms with Gasteiger partial charge in [0.1, 0.15) is 11.3 Å². The first-order valence-electron chi connectivity index (χ1n) is 7.67. The van der Waals surface area contributed by atoms with Crippen molar-refractivity contribution in [2.45, 2.75) is 19.9 Å². The Morgan fingerprint density at radius 3 is 2.79 bits per heavy atom. The number of ether oxygens (including phenoxy) is 1. The largest absolute Gasteiger partial charge is 0.497 e. The average Bonchev–Trinajstić information content (AvgIpc) is 2.95. The second-order valence-electron chi connectivity index (χ2n) is 5.69. The zero-order valence-electron chi connectivity index (χ0n) is 13.8. The summed E-state index contributed by atoms with van der Waals surface area (Å²) in [5.41, 5.74) is 2.72. The van der Waals surface area contributed by atoms with Crippen LogP contribution in [0.4, 0.5) is 11.7 Å². The molecule has 0 saturated heterocycles. The Bertz CT molecular complexity index is 871. The highest BCUT2D eigenvalue weighted by molar-refractivity contribution is 6.03. The first-order valence-corrected chi connectivity index (χ1v) is 7.67. The molecule has 0 radical (unpaired) electrons. The molecule has 24 heavy (non-hydrogen) atoms.